The Morgan fingerprint density at radius 2 is 1.81 bits per heavy atom. The highest BCUT2D eigenvalue weighted by atomic mass is 35.5. The summed E-state index contributed by atoms with van der Waals surface area (Å²) in [6, 6.07) is 18.9. The Kier molecular flexibility index (Phi) is 8.48. The highest BCUT2D eigenvalue weighted by Gasteiger charge is 2.20. The maximum absolute atomic E-state index is 12.6. The summed E-state index contributed by atoms with van der Waals surface area (Å²) in [6.45, 7) is 1.81. The van der Waals surface area contributed by atoms with Gasteiger partial charge >= 0.3 is 5.97 Å². The summed E-state index contributed by atoms with van der Waals surface area (Å²) in [4.78, 5) is 25.4. The molecule has 3 aromatic carbocycles. The molecular formula is C26H19Cl3N2O4S. The fourth-order valence-electron chi connectivity index (χ4n) is 3.21. The Morgan fingerprint density at radius 3 is 2.50 bits per heavy atom. The van der Waals surface area contributed by atoms with E-state index in [-0.39, 0.29) is 0 Å². The van der Waals surface area contributed by atoms with Gasteiger partial charge in [0.05, 0.1) is 16.3 Å². The molecule has 1 unspecified atom stereocenters. The van der Waals surface area contributed by atoms with Crippen LogP contribution in [0.4, 0.5) is 0 Å². The summed E-state index contributed by atoms with van der Waals surface area (Å²) in [5.41, 5.74) is 3.14. The van der Waals surface area contributed by atoms with E-state index in [9.17, 15) is 9.59 Å². The predicted molar refractivity (Wildman–Crippen MR) is 145 cm³/mol. The maximum atomic E-state index is 12.6. The highest BCUT2D eigenvalue weighted by Crippen LogP contribution is 2.35. The molecule has 1 heterocycles. The van der Waals surface area contributed by atoms with Gasteiger partial charge in [-0.05, 0) is 60.5 Å². The fraction of sp³-hybridized carbons (Fsp3) is 0.115. The number of amides is 1. The summed E-state index contributed by atoms with van der Waals surface area (Å²) < 4.78 is 12.1. The van der Waals surface area contributed by atoms with Crippen molar-refractivity contribution in [2.45, 2.75) is 19.4 Å². The first-order valence-electron chi connectivity index (χ1n) is 10.8. The number of carbonyl (C=O) groups is 2. The first-order valence-corrected chi connectivity index (χ1v) is 12.7. The number of halogens is 3. The molecule has 1 aromatic heterocycles. The van der Waals surface area contributed by atoms with Crippen molar-refractivity contribution in [2.75, 3.05) is 0 Å². The van der Waals surface area contributed by atoms with Crippen molar-refractivity contribution < 1.29 is 19.1 Å². The summed E-state index contributed by atoms with van der Waals surface area (Å²) in [5.74, 6) is -0.241. The van der Waals surface area contributed by atoms with E-state index in [1.165, 1.54) is 17.6 Å². The topological polar surface area (TPSA) is 77.0 Å². The molecule has 0 saturated heterocycles. The van der Waals surface area contributed by atoms with Gasteiger partial charge in [0, 0.05) is 15.1 Å². The quantitative estimate of drug-likeness (QED) is 0.105. The van der Waals surface area contributed by atoms with Crippen molar-refractivity contribution in [1.82, 2.24) is 5.43 Å². The second kappa shape index (κ2) is 11.8. The zero-order valence-corrected chi connectivity index (χ0v) is 21.9. The van der Waals surface area contributed by atoms with E-state index in [1.807, 2.05) is 31.2 Å². The third kappa shape index (κ3) is 6.17. The van der Waals surface area contributed by atoms with Crippen molar-refractivity contribution in [1.29, 1.82) is 0 Å². The lowest BCUT2D eigenvalue weighted by molar-refractivity contribution is -0.128. The number of carbonyl (C=O) groups excluding carboxylic acids is 2. The molecule has 0 bridgehead atoms. The number of thiophene rings is 1. The number of hydrazone groups is 1. The molecule has 0 aliphatic rings. The van der Waals surface area contributed by atoms with E-state index < -0.39 is 18.0 Å². The van der Waals surface area contributed by atoms with Crippen LogP contribution >= 0.6 is 46.1 Å². The first kappa shape index (κ1) is 26.0. The van der Waals surface area contributed by atoms with Gasteiger partial charge in [-0.25, -0.2) is 10.2 Å². The monoisotopic (exact) mass is 560 g/mol. The van der Waals surface area contributed by atoms with Crippen molar-refractivity contribution >= 4 is 74.3 Å². The fourth-order valence-corrected chi connectivity index (χ4v) is 5.05. The van der Waals surface area contributed by atoms with Crippen LogP contribution in [0.1, 0.15) is 28.6 Å². The lowest BCUT2D eigenvalue weighted by Crippen LogP contribution is -2.35. The van der Waals surface area contributed by atoms with E-state index in [0.29, 0.717) is 43.4 Å². The molecule has 184 valence electrons. The van der Waals surface area contributed by atoms with Crippen LogP contribution in [0.15, 0.2) is 71.8 Å². The van der Waals surface area contributed by atoms with Crippen LogP contribution in [0.2, 0.25) is 15.1 Å². The zero-order chi connectivity index (χ0) is 25.7. The van der Waals surface area contributed by atoms with Gasteiger partial charge in [-0.1, -0.05) is 59.9 Å². The van der Waals surface area contributed by atoms with Gasteiger partial charge < -0.3 is 9.47 Å². The van der Waals surface area contributed by atoms with Gasteiger partial charge in [0.25, 0.3) is 5.91 Å². The van der Waals surface area contributed by atoms with Crippen LogP contribution in [0, 0.1) is 0 Å². The second-order valence-corrected chi connectivity index (χ2v) is 9.80. The summed E-state index contributed by atoms with van der Waals surface area (Å²) >= 11 is 19.6. The number of fused-ring (bicyclic) bond motifs is 1. The van der Waals surface area contributed by atoms with E-state index in [0.717, 1.165) is 10.1 Å². The van der Waals surface area contributed by atoms with Crippen LogP contribution in [0.25, 0.3) is 10.1 Å². The number of ether oxygens (including phenoxy) is 2. The minimum atomic E-state index is -0.789. The minimum absolute atomic E-state index is 0.313. The molecule has 0 fully saturated rings. The normalized spacial score (nSPS) is 12.0. The molecule has 0 aliphatic carbocycles. The van der Waals surface area contributed by atoms with E-state index in [4.69, 9.17) is 44.3 Å². The Bertz CT molecular complexity index is 1440. The average Bonchev–Trinajstić information content (AvgIpc) is 3.21. The molecule has 10 heteroatoms. The molecule has 4 rings (SSSR count). The third-order valence-electron chi connectivity index (χ3n) is 5.03. The number of rotatable bonds is 8. The molecule has 1 atom stereocenters. The molecule has 0 aliphatic heterocycles. The van der Waals surface area contributed by atoms with Crippen molar-refractivity contribution in [2.24, 2.45) is 5.10 Å². The largest absolute Gasteiger partial charge is 0.479 e. The van der Waals surface area contributed by atoms with Gasteiger partial charge in [-0.2, -0.15) is 5.10 Å². The van der Waals surface area contributed by atoms with Crippen molar-refractivity contribution in [3.8, 4) is 11.5 Å². The molecule has 1 amide bonds. The highest BCUT2D eigenvalue weighted by molar-refractivity contribution is 7.21. The number of esters is 1. The van der Waals surface area contributed by atoms with Gasteiger partial charge in [0.1, 0.15) is 16.4 Å². The van der Waals surface area contributed by atoms with Gasteiger partial charge in [-0.15, -0.1) is 11.3 Å². The summed E-state index contributed by atoms with van der Waals surface area (Å²) in [5, 5.41) is 5.96. The maximum Gasteiger partial charge on any atom is 0.355 e. The molecule has 0 saturated carbocycles. The standard InChI is InChI=1S/C26H19Cl3N2O4S/c1-2-20(35-21-12-9-16(27)13-19(21)28)25(32)31-30-14-15-7-10-17(11-8-15)34-26(33)24-23(29)18-5-3-4-6-22(18)36-24/h3-14,20H,2H2,1H3,(H,31,32). The molecule has 1 N–H and O–H groups in total. The Balaban J connectivity index is 1.34. The second-order valence-electron chi connectivity index (χ2n) is 7.52. The molecular weight excluding hydrogens is 543 g/mol. The van der Waals surface area contributed by atoms with Crippen molar-refractivity contribution in [3.63, 3.8) is 0 Å². The predicted octanol–water partition coefficient (Wildman–Crippen LogP) is 7.39. The summed E-state index contributed by atoms with van der Waals surface area (Å²) in [6.07, 6.45) is 1.08. The lowest BCUT2D eigenvalue weighted by Gasteiger charge is -2.16. The molecule has 0 spiro atoms. The number of nitrogens with one attached hydrogen (secondary N) is 1. The minimum Gasteiger partial charge on any atom is -0.479 e. The van der Waals surface area contributed by atoms with E-state index in [2.05, 4.69) is 10.5 Å². The number of hydrogen-bond acceptors (Lipinski definition) is 6. The van der Waals surface area contributed by atoms with Gasteiger partial charge in [0.2, 0.25) is 0 Å². The molecule has 36 heavy (non-hydrogen) atoms. The SMILES string of the molecule is CCC(Oc1ccc(Cl)cc1Cl)C(=O)NN=Cc1ccc(OC(=O)c2sc3ccccc3c2Cl)cc1. The van der Waals surface area contributed by atoms with Crippen LogP contribution in [0.5, 0.6) is 11.5 Å². The summed E-state index contributed by atoms with van der Waals surface area (Å²) in [7, 11) is 0. The number of hydrogen-bond donors (Lipinski definition) is 1. The van der Waals surface area contributed by atoms with Gasteiger partial charge in [0.15, 0.2) is 6.10 Å². The van der Waals surface area contributed by atoms with Crippen LogP contribution in [0.3, 0.4) is 0 Å². The van der Waals surface area contributed by atoms with Crippen LogP contribution in [-0.2, 0) is 4.79 Å². The number of benzene rings is 3. The lowest BCUT2D eigenvalue weighted by atomic mass is 10.2. The van der Waals surface area contributed by atoms with Crippen LogP contribution in [-0.4, -0.2) is 24.2 Å². The zero-order valence-electron chi connectivity index (χ0n) is 18.8. The molecule has 0 radical (unpaired) electrons. The Morgan fingerprint density at radius 1 is 1.06 bits per heavy atom. The molecule has 4 aromatic rings. The van der Waals surface area contributed by atoms with E-state index in [1.54, 1.807) is 42.5 Å². The molecule has 6 nitrogen and oxygen atoms in total. The Hall–Kier alpha value is -3.10. The van der Waals surface area contributed by atoms with Gasteiger partial charge in [-0.3, -0.25) is 4.79 Å². The third-order valence-corrected chi connectivity index (χ3v) is 7.21. The van der Waals surface area contributed by atoms with Crippen molar-refractivity contribution in [3.05, 3.63) is 92.2 Å². The Labute approximate surface area is 226 Å². The average molecular weight is 562 g/mol. The van der Waals surface area contributed by atoms with E-state index >= 15 is 0 Å². The van der Waals surface area contributed by atoms with Crippen LogP contribution < -0.4 is 14.9 Å². The number of nitrogens with zero attached hydrogens (tertiary/aromatic N) is 1. The first-order chi connectivity index (χ1) is 17.4. The smallest absolute Gasteiger partial charge is 0.355 e.